The van der Waals surface area contributed by atoms with E-state index in [9.17, 15) is 9.59 Å². The molecule has 28 heavy (non-hydrogen) atoms. The van der Waals surface area contributed by atoms with Crippen LogP contribution in [0.5, 0.6) is 11.5 Å². The first-order valence-corrected chi connectivity index (χ1v) is 9.14. The minimum absolute atomic E-state index is 0.165. The van der Waals surface area contributed by atoms with Crippen molar-refractivity contribution in [3.63, 3.8) is 0 Å². The normalized spacial score (nSPS) is 10.8. The maximum Gasteiger partial charge on any atom is 0.255 e. The number of benzene rings is 2. The van der Waals surface area contributed by atoms with Crippen LogP contribution in [0.15, 0.2) is 54.6 Å². The lowest BCUT2D eigenvalue weighted by molar-refractivity contribution is -0.120. The van der Waals surface area contributed by atoms with Gasteiger partial charge < -0.3 is 20.5 Å². The Morgan fingerprint density at radius 2 is 1.61 bits per heavy atom. The number of nitrogens with one attached hydrogen (secondary N) is 1. The van der Waals surface area contributed by atoms with E-state index in [1.165, 1.54) is 11.6 Å². The molecular weight excluding hydrogens is 356 g/mol. The number of ether oxygens (including phenoxy) is 2. The average molecular weight is 382 g/mol. The Balaban J connectivity index is 1.69. The summed E-state index contributed by atoms with van der Waals surface area (Å²) in [6.07, 6.45) is 3.15. The van der Waals surface area contributed by atoms with Crippen molar-refractivity contribution < 1.29 is 19.1 Å². The molecular formula is C22H26N2O4. The van der Waals surface area contributed by atoms with E-state index in [1.807, 2.05) is 24.3 Å². The smallest absolute Gasteiger partial charge is 0.255 e. The summed E-state index contributed by atoms with van der Waals surface area (Å²) in [6, 6.07) is 14.9. The molecule has 0 spiro atoms. The first-order chi connectivity index (χ1) is 13.4. The van der Waals surface area contributed by atoms with E-state index in [0.29, 0.717) is 24.8 Å². The van der Waals surface area contributed by atoms with Crippen molar-refractivity contribution >= 4 is 17.9 Å². The van der Waals surface area contributed by atoms with Gasteiger partial charge in [-0.25, -0.2) is 0 Å². The minimum Gasteiger partial charge on any atom is -0.492 e. The highest BCUT2D eigenvalue weighted by atomic mass is 16.5. The van der Waals surface area contributed by atoms with Gasteiger partial charge in [0.2, 0.25) is 5.91 Å². The van der Waals surface area contributed by atoms with Crippen LogP contribution >= 0.6 is 0 Å². The molecule has 6 heteroatoms. The molecule has 0 aliphatic rings. The summed E-state index contributed by atoms with van der Waals surface area (Å²) < 4.78 is 10.8. The lowest BCUT2D eigenvalue weighted by Crippen LogP contribution is -2.26. The third kappa shape index (κ3) is 7.53. The van der Waals surface area contributed by atoms with E-state index < -0.39 is 5.91 Å². The molecule has 0 aliphatic carbocycles. The molecule has 0 aromatic heterocycles. The maximum atomic E-state index is 11.9. The fourth-order valence-electron chi connectivity index (χ4n) is 2.35. The Morgan fingerprint density at radius 3 is 2.21 bits per heavy atom. The second-order valence-electron chi connectivity index (χ2n) is 6.52. The molecule has 148 valence electrons. The third-order valence-corrected chi connectivity index (χ3v) is 3.91. The van der Waals surface area contributed by atoms with Crippen LogP contribution < -0.4 is 20.5 Å². The second-order valence-corrected chi connectivity index (χ2v) is 6.52. The van der Waals surface area contributed by atoms with Crippen molar-refractivity contribution in [1.82, 2.24) is 5.32 Å². The SMILES string of the molecule is CC(C)c1ccc(OCCNC(=O)/C=C/c2ccc(OCC(N)=O)cc2)cc1. The monoisotopic (exact) mass is 382 g/mol. The van der Waals surface area contributed by atoms with Crippen LogP contribution in [-0.4, -0.2) is 31.6 Å². The van der Waals surface area contributed by atoms with Crippen LogP contribution in [0.3, 0.4) is 0 Å². The first-order valence-electron chi connectivity index (χ1n) is 9.14. The second kappa shape index (κ2) is 10.8. The van der Waals surface area contributed by atoms with Crippen LogP contribution in [0, 0.1) is 0 Å². The van der Waals surface area contributed by atoms with Crippen molar-refractivity contribution in [2.24, 2.45) is 5.73 Å². The molecule has 3 N–H and O–H groups in total. The highest BCUT2D eigenvalue weighted by Crippen LogP contribution is 2.18. The predicted octanol–water partition coefficient (Wildman–Crippen LogP) is 2.88. The van der Waals surface area contributed by atoms with Crippen LogP contribution in [0.1, 0.15) is 30.9 Å². The molecule has 2 amide bonds. The lowest BCUT2D eigenvalue weighted by atomic mass is 10.0. The van der Waals surface area contributed by atoms with E-state index in [2.05, 4.69) is 19.2 Å². The average Bonchev–Trinajstić information content (AvgIpc) is 2.69. The summed E-state index contributed by atoms with van der Waals surface area (Å²) in [5, 5.41) is 2.77. The summed E-state index contributed by atoms with van der Waals surface area (Å²) >= 11 is 0. The van der Waals surface area contributed by atoms with Gasteiger partial charge in [-0.15, -0.1) is 0 Å². The van der Waals surface area contributed by atoms with Gasteiger partial charge in [0.1, 0.15) is 18.1 Å². The Morgan fingerprint density at radius 1 is 1.00 bits per heavy atom. The van der Waals surface area contributed by atoms with Crippen molar-refractivity contribution in [3.05, 3.63) is 65.7 Å². The Kier molecular flexibility index (Phi) is 8.09. The molecule has 0 fully saturated rings. The van der Waals surface area contributed by atoms with E-state index in [-0.39, 0.29) is 12.5 Å². The molecule has 0 saturated carbocycles. The van der Waals surface area contributed by atoms with E-state index in [4.69, 9.17) is 15.2 Å². The highest BCUT2D eigenvalue weighted by molar-refractivity contribution is 5.91. The molecule has 2 aromatic rings. The number of rotatable bonds is 10. The Labute approximate surface area is 165 Å². The first kappa shape index (κ1) is 21.0. The molecule has 2 aromatic carbocycles. The number of hydrogen-bond donors (Lipinski definition) is 2. The standard InChI is InChI=1S/C22H26N2O4/c1-16(2)18-6-10-19(11-7-18)27-14-13-24-22(26)12-5-17-3-8-20(9-4-17)28-15-21(23)25/h3-12,16H,13-15H2,1-2H3,(H2,23,25)(H,24,26)/b12-5+. The topological polar surface area (TPSA) is 90.7 Å². The highest BCUT2D eigenvalue weighted by Gasteiger charge is 2.01. The van der Waals surface area contributed by atoms with Crippen molar-refractivity contribution in [1.29, 1.82) is 0 Å². The zero-order valence-electron chi connectivity index (χ0n) is 16.2. The number of primary amides is 1. The molecule has 0 bridgehead atoms. The number of carbonyl (C=O) groups excluding carboxylic acids is 2. The Bertz CT molecular complexity index is 796. The van der Waals surface area contributed by atoms with Gasteiger partial charge in [-0.05, 0) is 47.4 Å². The molecule has 0 unspecified atom stereocenters. The van der Waals surface area contributed by atoms with Gasteiger partial charge in [0, 0.05) is 6.08 Å². The van der Waals surface area contributed by atoms with Crippen LogP contribution in [-0.2, 0) is 9.59 Å². The fraction of sp³-hybridized carbons (Fsp3) is 0.273. The molecule has 0 atom stereocenters. The predicted molar refractivity (Wildman–Crippen MR) is 109 cm³/mol. The summed E-state index contributed by atoms with van der Waals surface area (Å²) in [4.78, 5) is 22.5. The summed E-state index contributed by atoms with van der Waals surface area (Å²) in [7, 11) is 0. The van der Waals surface area contributed by atoms with E-state index in [0.717, 1.165) is 11.3 Å². The van der Waals surface area contributed by atoms with E-state index >= 15 is 0 Å². The third-order valence-electron chi connectivity index (χ3n) is 3.91. The quantitative estimate of drug-likeness (QED) is 0.488. The lowest BCUT2D eigenvalue weighted by Gasteiger charge is -2.09. The van der Waals surface area contributed by atoms with Crippen molar-refractivity contribution in [2.75, 3.05) is 19.8 Å². The molecule has 0 aliphatic heterocycles. The minimum atomic E-state index is -0.530. The van der Waals surface area contributed by atoms with Crippen LogP contribution in [0.25, 0.3) is 6.08 Å². The zero-order valence-corrected chi connectivity index (χ0v) is 16.2. The van der Waals surface area contributed by atoms with Gasteiger partial charge in [0.25, 0.3) is 5.91 Å². The van der Waals surface area contributed by atoms with Crippen LogP contribution in [0.4, 0.5) is 0 Å². The molecule has 0 radical (unpaired) electrons. The van der Waals surface area contributed by atoms with Gasteiger partial charge in [0.15, 0.2) is 6.61 Å². The number of hydrogen-bond acceptors (Lipinski definition) is 4. The number of amides is 2. The van der Waals surface area contributed by atoms with Gasteiger partial charge in [0.05, 0.1) is 6.54 Å². The van der Waals surface area contributed by atoms with Crippen molar-refractivity contribution in [3.8, 4) is 11.5 Å². The molecule has 6 nitrogen and oxygen atoms in total. The molecule has 0 heterocycles. The van der Waals surface area contributed by atoms with Gasteiger partial charge in [-0.3, -0.25) is 9.59 Å². The molecule has 0 saturated heterocycles. The van der Waals surface area contributed by atoms with Crippen LogP contribution in [0.2, 0.25) is 0 Å². The van der Waals surface area contributed by atoms with Crippen molar-refractivity contribution in [2.45, 2.75) is 19.8 Å². The number of carbonyl (C=O) groups is 2. The van der Waals surface area contributed by atoms with Gasteiger partial charge in [-0.2, -0.15) is 0 Å². The maximum absolute atomic E-state index is 11.9. The zero-order chi connectivity index (χ0) is 20.4. The molecule has 2 rings (SSSR count). The Hall–Kier alpha value is -3.28. The van der Waals surface area contributed by atoms with Gasteiger partial charge >= 0.3 is 0 Å². The fourth-order valence-corrected chi connectivity index (χ4v) is 2.35. The van der Waals surface area contributed by atoms with E-state index in [1.54, 1.807) is 30.3 Å². The van der Waals surface area contributed by atoms with Gasteiger partial charge in [-0.1, -0.05) is 38.1 Å². The summed E-state index contributed by atoms with van der Waals surface area (Å²) in [6.45, 7) is 4.93. The summed E-state index contributed by atoms with van der Waals surface area (Å²) in [5.74, 6) is 1.08. The largest absolute Gasteiger partial charge is 0.492 e. The summed E-state index contributed by atoms with van der Waals surface area (Å²) in [5.41, 5.74) is 7.12. The number of nitrogens with two attached hydrogens (primary N) is 1.